The number of carbonyl (C=O) groups is 4. The molecular formula is C39H41N4NaO12Si. The van der Waals surface area contributed by atoms with Crippen molar-refractivity contribution in [2.45, 2.75) is 70.6 Å². The summed E-state index contributed by atoms with van der Waals surface area (Å²) in [4.78, 5) is 78.2. The van der Waals surface area contributed by atoms with Gasteiger partial charge in [-0.25, -0.2) is 14.4 Å². The number of amides is 2. The summed E-state index contributed by atoms with van der Waals surface area (Å²) < 4.78 is 23.1. The maximum atomic E-state index is 13.1. The smallest absolute Gasteiger partial charge is 0.543 e. The second-order valence-corrected chi connectivity index (χ2v) is 19.8. The van der Waals surface area contributed by atoms with Gasteiger partial charge >= 0.3 is 47.0 Å². The number of aromatic nitrogens is 2. The van der Waals surface area contributed by atoms with Crippen molar-refractivity contribution in [2.75, 3.05) is 6.61 Å². The van der Waals surface area contributed by atoms with Crippen LogP contribution in [0.5, 0.6) is 0 Å². The third kappa shape index (κ3) is 7.32. The van der Waals surface area contributed by atoms with Crippen LogP contribution in [0.3, 0.4) is 0 Å². The Labute approximate surface area is 348 Å². The van der Waals surface area contributed by atoms with Crippen LogP contribution in [0.1, 0.15) is 37.8 Å². The van der Waals surface area contributed by atoms with E-state index in [1.54, 1.807) is 42.3 Å². The molecule has 6 heterocycles. The van der Waals surface area contributed by atoms with Crippen molar-refractivity contribution in [1.82, 2.24) is 19.4 Å². The molecule has 2 aromatic carbocycles. The second-order valence-electron chi connectivity index (χ2n) is 15.4. The number of aromatic amines is 1. The van der Waals surface area contributed by atoms with Crippen LogP contribution in [0.4, 0.5) is 0 Å². The third-order valence-corrected chi connectivity index (χ3v) is 11.7. The van der Waals surface area contributed by atoms with Crippen molar-refractivity contribution in [2.24, 2.45) is 18.9 Å². The van der Waals surface area contributed by atoms with E-state index in [0.29, 0.717) is 46.2 Å². The van der Waals surface area contributed by atoms with Crippen LogP contribution < -0.4 is 46.2 Å². The predicted octanol–water partition coefficient (Wildman–Crippen LogP) is -0.760. The Kier molecular flexibility index (Phi) is 11.4. The number of aryl methyl sites for hydroxylation is 1. The molecule has 294 valence electrons. The molecule has 18 heteroatoms. The van der Waals surface area contributed by atoms with E-state index in [9.17, 15) is 39.0 Å². The number of aliphatic hydroxyl groups excluding tert-OH is 1. The SMILES string of the molecule is C=CCOC(=O)C1=C(c2ccc3oc(=O)n(C)c3c2)C[C@@H]2[C@@H]([C@@H](C)O[Si](C)(C)C)C(=O)N12.C[C@@H](O)[C@H]1C(=O)N2C(C(=O)[O-])=C(c3ccc4oc(=O)[nH]c4c3)C[C@H]12.[Na+]. The average Bonchev–Trinajstić information content (AvgIpc) is 3.84. The van der Waals surface area contributed by atoms with Gasteiger partial charge in [0.25, 0.3) is 0 Å². The molecule has 4 aromatic rings. The molecular weight excluding hydrogens is 768 g/mol. The molecule has 16 nitrogen and oxygen atoms in total. The molecule has 4 aliphatic rings. The number of nitrogens with zero attached hydrogens (tertiary/aromatic N) is 3. The fraction of sp³-hybridized carbons (Fsp3) is 0.385. The van der Waals surface area contributed by atoms with E-state index in [4.69, 9.17) is 18.0 Å². The molecule has 8 rings (SSSR count). The van der Waals surface area contributed by atoms with Crippen LogP contribution in [0, 0.1) is 11.8 Å². The fourth-order valence-corrected chi connectivity index (χ4v) is 9.57. The van der Waals surface area contributed by atoms with Crippen molar-refractivity contribution in [1.29, 1.82) is 0 Å². The topological polar surface area (TPSA) is 218 Å². The normalized spacial score (nSPS) is 22.3. The number of hydrogen-bond acceptors (Lipinski definition) is 12. The summed E-state index contributed by atoms with van der Waals surface area (Å²) in [5, 5.41) is 21.3. The van der Waals surface area contributed by atoms with Gasteiger partial charge in [0.2, 0.25) is 11.8 Å². The Balaban J connectivity index is 0.000000196. The number of β-lactam (4-membered cyclic amide) rings is 2. The number of nitrogens with one attached hydrogen (secondary N) is 1. The van der Waals surface area contributed by atoms with Crippen molar-refractivity contribution < 1.29 is 76.9 Å². The molecule has 0 spiro atoms. The summed E-state index contributed by atoms with van der Waals surface area (Å²) in [6, 6.07) is 9.55. The quantitative estimate of drug-likeness (QED) is 0.0875. The standard InChI is InChI=1S/C23H28N2O6Si.C16H14N2O6.Na/c1-7-10-29-22(27)20-15(14-8-9-18-16(11-14)24(3)23(28)30-18)12-17-19(21(26)25(17)20)13(2)31-32(4,5)6;1-6(19)12-10-5-8(13(15(21)22)18(10)14(12)20)7-2-3-11-9(4-7)17-16(23)24-11;/h7-9,11,13,17,19H,1,10,12H2,2-6H3;2-4,6,10,12,19H,5H2,1H3,(H,17,23)(H,21,22);/q;;+1/p-1/t13-,17-,19-;6-,10-,12-;/m11./s1. The zero-order valence-corrected chi connectivity index (χ0v) is 35.6. The molecule has 2 N–H and O–H groups in total. The number of fused-ring (bicyclic) bond motifs is 4. The van der Waals surface area contributed by atoms with Gasteiger partial charge in [0, 0.05) is 7.05 Å². The first kappa shape index (κ1) is 41.8. The molecule has 57 heavy (non-hydrogen) atoms. The van der Waals surface area contributed by atoms with Crippen molar-refractivity contribution in [3.8, 4) is 0 Å². The number of carboxylic acids is 1. The predicted molar refractivity (Wildman–Crippen MR) is 201 cm³/mol. The number of rotatable bonds is 10. The fourth-order valence-electron chi connectivity index (χ4n) is 8.31. The van der Waals surface area contributed by atoms with Crippen molar-refractivity contribution in [3.05, 3.63) is 92.7 Å². The van der Waals surface area contributed by atoms with Crippen LogP contribution in [0.25, 0.3) is 33.3 Å². The zero-order chi connectivity index (χ0) is 40.5. The van der Waals surface area contributed by atoms with Crippen LogP contribution in [0.2, 0.25) is 19.6 Å². The number of ether oxygens (including phenoxy) is 1. The minimum absolute atomic E-state index is 0. The molecule has 0 radical (unpaired) electrons. The summed E-state index contributed by atoms with van der Waals surface area (Å²) in [6.45, 7) is 13.3. The Morgan fingerprint density at radius 2 is 1.53 bits per heavy atom. The van der Waals surface area contributed by atoms with Gasteiger partial charge in [0.05, 0.1) is 58.8 Å². The molecule has 0 saturated carbocycles. The van der Waals surface area contributed by atoms with Gasteiger partial charge in [-0.3, -0.25) is 19.1 Å². The molecule has 0 unspecified atom stereocenters. The number of hydrogen-bond donors (Lipinski definition) is 2. The molecule has 2 fully saturated rings. The molecule has 0 aliphatic carbocycles. The molecule has 6 atom stereocenters. The Hall–Kier alpha value is -4.78. The minimum atomic E-state index is -1.84. The van der Waals surface area contributed by atoms with Gasteiger partial charge in [-0.15, -0.1) is 0 Å². The Morgan fingerprint density at radius 3 is 2.14 bits per heavy atom. The number of benzene rings is 2. The van der Waals surface area contributed by atoms with Crippen LogP contribution in [-0.2, 0) is 35.4 Å². The van der Waals surface area contributed by atoms with E-state index >= 15 is 0 Å². The van der Waals surface area contributed by atoms with Crippen LogP contribution >= 0.6 is 0 Å². The van der Waals surface area contributed by atoms with Crippen molar-refractivity contribution in [3.63, 3.8) is 0 Å². The Morgan fingerprint density at radius 1 is 0.947 bits per heavy atom. The van der Waals surface area contributed by atoms with Gasteiger partial charge in [0.15, 0.2) is 19.5 Å². The second kappa shape index (κ2) is 15.5. The van der Waals surface area contributed by atoms with Gasteiger partial charge in [-0.05, 0) is 92.9 Å². The summed E-state index contributed by atoms with van der Waals surface area (Å²) in [6.07, 6.45) is 1.21. The number of aliphatic hydroxyl groups is 1. The monoisotopic (exact) mass is 808 g/mol. The van der Waals surface area contributed by atoms with Crippen LogP contribution in [-0.4, -0.2) is 87.4 Å². The number of carbonyl (C=O) groups excluding carboxylic acids is 4. The molecule has 2 amide bonds. The van der Waals surface area contributed by atoms with Gasteiger partial charge in [-0.1, -0.05) is 24.8 Å². The van der Waals surface area contributed by atoms with Gasteiger partial charge in [-0.2, -0.15) is 0 Å². The summed E-state index contributed by atoms with van der Waals surface area (Å²) in [5.41, 5.74) is 4.43. The van der Waals surface area contributed by atoms with Crippen LogP contribution in [0.15, 0.2) is 78.9 Å². The number of oxazole rings is 2. The minimum Gasteiger partial charge on any atom is -0.543 e. The van der Waals surface area contributed by atoms with E-state index in [2.05, 4.69) is 31.2 Å². The summed E-state index contributed by atoms with van der Waals surface area (Å²) >= 11 is 0. The van der Waals surface area contributed by atoms with Gasteiger partial charge in [0.1, 0.15) is 12.3 Å². The first-order valence-electron chi connectivity index (χ1n) is 18.1. The van der Waals surface area contributed by atoms with Crippen molar-refractivity contribution >= 4 is 65.4 Å². The summed E-state index contributed by atoms with van der Waals surface area (Å²) in [5.74, 6) is -4.53. The van der Waals surface area contributed by atoms with Gasteiger partial charge < -0.3 is 42.8 Å². The first-order valence-corrected chi connectivity index (χ1v) is 21.5. The number of aliphatic carboxylic acids is 1. The van der Waals surface area contributed by atoms with E-state index in [0.717, 1.165) is 11.1 Å². The maximum absolute atomic E-state index is 13.1. The molecule has 0 bridgehead atoms. The van der Waals surface area contributed by atoms with E-state index in [-0.39, 0.29) is 77.6 Å². The van der Waals surface area contributed by atoms with E-state index in [1.165, 1.54) is 22.5 Å². The largest absolute Gasteiger partial charge is 1.00 e. The third-order valence-electron chi connectivity index (χ3n) is 10.6. The number of carboxylic acid groups (broad SMARTS) is 1. The first-order chi connectivity index (χ1) is 26.4. The van der Waals surface area contributed by atoms with E-state index in [1.807, 2.05) is 13.0 Å². The molecule has 2 saturated heterocycles. The van der Waals surface area contributed by atoms with E-state index < -0.39 is 49.7 Å². The average molecular weight is 809 g/mol. The zero-order valence-electron chi connectivity index (χ0n) is 32.6. The maximum Gasteiger partial charge on any atom is 1.00 e. The number of esters is 1. The molecule has 2 aromatic heterocycles. The molecule has 4 aliphatic heterocycles. The number of H-pyrrole nitrogens is 1. The summed E-state index contributed by atoms with van der Waals surface area (Å²) in [7, 11) is -0.213. The Bertz CT molecular complexity index is 2520.